The van der Waals surface area contributed by atoms with Crippen LogP contribution in [0, 0.1) is 0 Å². The lowest BCUT2D eigenvalue weighted by Gasteiger charge is -2.19. The highest BCUT2D eigenvalue weighted by Crippen LogP contribution is 2.43. The first-order chi connectivity index (χ1) is 11.2. The molecular formula is C18H22N2O3S. The van der Waals surface area contributed by atoms with Crippen LogP contribution in [-0.2, 0) is 22.1 Å². The number of hydrogen-bond acceptors (Lipinski definition) is 4. The lowest BCUT2D eigenvalue weighted by molar-refractivity contribution is -0.671. The van der Waals surface area contributed by atoms with E-state index < -0.39 is 10.1 Å². The summed E-state index contributed by atoms with van der Waals surface area (Å²) in [5.74, 6) is -0.300. The zero-order chi connectivity index (χ0) is 17.5. The number of aromatic nitrogens is 1. The van der Waals surface area contributed by atoms with Gasteiger partial charge >= 0.3 is 0 Å². The summed E-state index contributed by atoms with van der Waals surface area (Å²) in [6.45, 7) is 7.11. The van der Waals surface area contributed by atoms with E-state index in [-0.39, 0.29) is 11.2 Å². The average Bonchev–Trinajstić information content (AvgIpc) is 2.73. The molecule has 0 amide bonds. The molecule has 1 aromatic heterocycles. The summed E-state index contributed by atoms with van der Waals surface area (Å²) < 4.78 is 34.2. The lowest BCUT2D eigenvalue weighted by Crippen LogP contribution is -2.34. The van der Waals surface area contributed by atoms with Crippen molar-refractivity contribution in [3.8, 4) is 0 Å². The van der Waals surface area contributed by atoms with E-state index in [4.69, 9.17) is 4.99 Å². The molecule has 1 aliphatic rings. The molecule has 0 saturated heterocycles. The maximum absolute atomic E-state index is 10.7. The maximum Gasteiger partial charge on any atom is 0.214 e. The highest BCUT2D eigenvalue weighted by Gasteiger charge is 2.34. The summed E-state index contributed by atoms with van der Waals surface area (Å²) >= 11 is 0. The van der Waals surface area contributed by atoms with Crippen molar-refractivity contribution in [3.63, 3.8) is 0 Å². The molecule has 1 aliphatic heterocycles. The quantitative estimate of drug-likeness (QED) is 0.475. The third-order valence-corrected chi connectivity index (χ3v) is 5.72. The predicted molar refractivity (Wildman–Crippen MR) is 93.7 cm³/mol. The van der Waals surface area contributed by atoms with Crippen LogP contribution < -0.4 is 4.57 Å². The van der Waals surface area contributed by atoms with Gasteiger partial charge in [-0.25, -0.2) is 8.42 Å². The van der Waals surface area contributed by atoms with Crippen molar-refractivity contribution < 1.29 is 17.5 Å². The Morgan fingerprint density at radius 3 is 2.67 bits per heavy atom. The number of pyridine rings is 1. The van der Waals surface area contributed by atoms with Crippen molar-refractivity contribution in [2.75, 3.05) is 5.75 Å². The average molecular weight is 346 g/mol. The van der Waals surface area contributed by atoms with E-state index >= 15 is 0 Å². The third-order valence-electron chi connectivity index (χ3n) is 4.93. The van der Waals surface area contributed by atoms with E-state index in [1.807, 2.05) is 12.3 Å². The summed E-state index contributed by atoms with van der Waals surface area (Å²) in [6, 6.07) is 8.30. The van der Waals surface area contributed by atoms with E-state index in [1.165, 1.54) is 5.56 Å². The second-order valence-corrected chi connectivity index (χ2v) is 8.41. The minimum absolute atomic E-state index is 0.0489. The van der Waals surface area contributed by atoms with Gasteiger partial charge in [-0.3, -0.25) is 4.99 Å². The molecule has 0 bridgehead atoms. The molecule has 0 unspecified atom stereocenters. The molecule has 2 heterocycles. The van der Waals surface area contributed by atoms with Gasteiger partial charge in [-0.1, -0.05) is 13.8 Å². The first-order valence-corrected chi connectivity index (χ1v) is 9.73. The molecule has 0 spiro atoms. The molecule has 0 atom stereocenters. The molecular weight excluding hydrogens is 324 g/mol. The Labute approximate surface area is 142 Å². The molecule has 24 heavy (non-hydrogen) atoms. The van der Waals surface area contributed by atoms with Crippen molar-refractivity contribution in [1.82, 2.24) is 0 Å². The minimum Gasteiger partial charge on any atom is -0.748 e. The van der Waals surface area contributed by atoms with Gasteiger partial charge in [-0.05, 0) is 31.0 Å². The summed E-state index contributed by atoms with van der Waals surface area (Å²) in [4.78, 5) is 4.79. The number of aliphatic imine (C=N–C) groups is 1. The van der Waals surface area contributed by atoms with Crippen molar-refractivity contribution in [2.24, 2.45) is 4.99 Å². The van der Waals surface area contributed by atoms with E-state index in [9.17, 15) is 13.0 Å². The van der Waals surface area contributed by atoms with Gasteiger partial charge in [0.05, 0.1) is 21.2 Å². The molecule has 128 valence electrons. The number of fused-ring (bicyclic) bond motifs is 3. The molecule has 0 aliphatic carbocycles. The van der Waals surface area contributed by atoms with Gasteiger partial charge in [0.2, 0.25) is 5.52 Å². The Bertz CT molecular complexity index is 931. The van der Waals surface area contributed by atoms with Gasteiger partial charge in [0.25, 0.3) is 0 Å². The number of nitrogens with zero attached hydrogens (tertiary/aromatic N) is 2. The van der Waals surface area contributed by atoms with Crippen LogP contribution in [0.5, 0.6) is 0 Å². The molecule has 1 aromatic carbocycles. The Hall–Kier alpha value is -1.79. The number of hydrogen-bond donors (Lipinski definition) is 0. The van der Waals surface area contributed by atoms with Gasteiger partial charge in [-0.2, -0.15) is 4.57 Å². The van der Waals surface area contributed by atoms with Gasteiger partial charge in [0, 0.05) is 35.4 Å². The zero-order valence-corrected chi connectivity index (χ0v) is 15.1. The standard InChI is InChI=1S/C18H22N2O3S/c1-13-18(2,3)15-8-9-16-14(17(15)19-13)7-6-11-20(16)10-4-5-12-24(21,22)23/h6-9,11H,4-5,10,12H2,1-3H3. The van der Waals surface area contributed by atoms with Crippen LogP contribution in [0.4, 0.5) is 5.69 Å². The fraction of sp³-hybridized carbons (Fsp3) is 0.444. The van der Waals surface area contributed by atoms with Crippen LogP contribution in [0.25, 0.3) is 10.9 Å². The van der Waals surface area contributed by atoms with Crippen molar-refractivity contribution in [3.05, 3.63) is 36.0 Å². The minimum atomic E-state index is -4.13. The van der Waals surface area contributed by atoms with Gasteiger partial charge in [-0.15, -0.1) is 0 Å². The molecule has 2 aromatic rings. The van der Waals surface area contributed by atoms with E-state index in [2.05, 4.69) is 43.5 Å². The molecule has 0 N–H and O–H groups in total. The first-order valence-electron chi connectivity index (χ1n) is 8.15. The Morgan fingerprint density at radius 2 is 1.96 bits per heavy atom. The first kappa shape index (κ1) is 17.0. The van der Waals surface area contributed by atoms with E-state index in [0.29, 0.717) is 19.4 Å². The largest absolute Gasteiger partial charge is 0.748 e. The summed E-state index contributed by atoms with van der Waals surface area (Å²) in [7, 11) is -4.13. The van der Waals surface area contributed by atoms with Crippen LogP contribution in [0.2, 0.25) is 0 Å². The fourth-order valence-electron chi connectivity index (χ4n) is 3.22. The van der Waals surface area contributed by atoms with Crippen molar-refractivity contribution in [2.45, 2.75) is 45.6 Å². The number of rotatable bonds is 5. The summed E-state index contributed by atoms with van der Waals surface area (Å²) in [5, 5.41) is 1.11. The SMILES string of the molecule is CC1=Nc2c(ccc3c2ccc[n+]3CCCCS(=O)(=O)[O-])C1(C)C. The second kappa shape index (κ2) is 5.93. The topological polar surface area (TPSA) is 73.4 Å². The van der Waals surface area contributed by atoms with Crippen molar-refractivity contribution in [1.29, 1.82) is 0 Å². The van der Waals surface area contributed by atoms with Crippen LogP contribution in [0.3, 0.4) is 0 Å². The number of benzene rings is 1. The van der Waals surface area contributed by atoms with Crippen LogP contribution in [0.1, 0.15) is 39.2 Å². The fourth-order valence-corrected chi connectivity index (χ4v) is 3.78. The number of aryl methyl sites for hydroxylation is 1. The summed E-state index contributed by atoms with van der Waals surface area (Å²) in [5.41, 5.74) is 4.41. The molecule has 5 nitrogen and oxygen atoms in total. The van der Waals surface area contributed by atoms with E-state index in [1.54, 1.807) is 0 Å². The normalized spacial score (nSPS) is 16.2. The third kappa shape index (κ3) is 3.08. The van der Waals surface area contributed by atoms with Gasteiger partial charge in [0.1, 0.15) is 6.54 Å². The monoisotopic (exact) mass is 346 g/mol. The molecule has 0 saturated carbocycles. The van der Waals surface area contributed by atoms with Crippen molar-refractivity contribution >= 4 is 32.4 Å². The molecule has 3 rings (SSSR count). The molecule has 0 fully saturated rings. The highest BCUT2D eigenvalue weighted by atomic mass is 32.2. The zero-order valence-electron chi connectivity index (χ0n) is 14.2. The van der Waals surface area contributed by atoms with Gasteiger partial charge < -0.3 is 4.55 Å². The molecule has 0 radical (unpaired) electrons. The second-order valence-electron chi connectivity index (χ2n) is 6.89. The predicted octanol–water partition coefficient (Wildman–Crippen LogP) is 2.84. The summed E-state index contributed by atoms with van der Waals surface area (Å²) in [6.07, 6.45) is 3.01. The van der Waals surface area contributed by atoms with E-state index in [0.717, 1.165) is 22.3 Å². The molecule has 6 heteroatoms. The maximum atomic E-state index is 10.7. The Balaban J connectivity index is 1.91. The Kier molecular flexibility index (Phi) is 4.21. The van der Waals surface area contributed by atoms with Crippen LogP contribution >= 0.6 is 0 Å². The number of unbranched alkanes of at least 4 members (excludes halogenated alkanes) is 1. The van der Waals surface area contributed by atoms with Crippen LogP contribution in [0.15, 0.2) is 35.5 Å². The lowest BCUT2D eigenvalue weighted by atomic mass is 9.82. The smallest absolute Gasteiger partial charge is 0.214 e. The van der Waals surface area contributed by atoms with Gasteiger partial charge in [0.15, 0.2) is 6.20 Å². The van der Waals surface area contributed by atoms with Crippen LogP contribution in [-0.4, -0.2) is 24.4 Å². The highest BCUT2D eigenvalue weighted by molar-refractivity contribution is 7.85. The Morgan fingerprint density at radius 1 is 1.21 bits per heavy atom.